The molecule has 0 unspecified atom stereocenters. The van der Waals surface area contributed by atoms with Gasteiger partial charge in [-0.15, -0.1) is 0 Å². The van der Waals surface area contributed by atoms with E-state index in [4.69, 9.17) is 11.6 Å². The van der Waals surface area contributed by atoms with Crippen molar-refractivity contribution in [3.63, 3.8) is 0 Å². The molecule has 4 rings (SSSR count). The molecule has 30 heavy (non-hydrogen) atoms. The van der Waals surface area contributed by atoms with Gasteiger partial charge in [0.15, 0.2) is 5.76 Å². The van der Waals surface area contributed by atoms with Crippen LogP contribution in [0.25, 0.3) is 0 Å². The molecule has 3 aromatic rings. The maximum Gasteiger partial charge on any atom is 0.290 e. The molecule has 1 aliphatic rings. The predicted molar refractivity (Wildman–Crippen MR) is 114 cm³/mol. The lowest BCUT2D eigenvalue weighted by Gasteiger charge is -2.27. The van der Waals surface area contributed by atoms with E-state index in [1.165, 1.54) is 17.0 Å². The fourth-order valence-electron chi connectivity index (χ4n) is 3.55. The van der Waals surface area contributed by atoms with Crippen molar-refractivity contribution in [2.45, 2.75) is 17.5 Å². The van der Waals surface area contributed by atoms with Crippen LogP contribution in [0.4, 0.5) is 0 Å². The van der Waals surface area contributed by atoms with Crippen molar-refractivity contribution in [2.75, 3.05) is 0 Å². The van der Waals surface area contributed by atoms with Gasteiger partial charge in [-0.1, -0.05) is 72.3 Å². The Hall–Kier alpha value is -3.09. The first-order valence-corrected chi connectivity index (χ1v) is 11.1. The highest BCUT2D eigenvalue weighted by atomic mass is 35.5. The van der Waals surface area contributed by atoms with Crippen molar-refractivity contribution in [2.24, 2.45) is 0 Å². The third kappa shape index (κ3) is 3.60. The molecule has 7 heteroatoms. The summed E-state index contributed by atoms with van der Waals surface area (Å²) < 4.78 is 26.8. The number of carbonyl (C=O) groups excluding carboxylic acids is 1. The Morgan fingerprint density at radius 3 is 2.03 bits per heavy atom. The minimum absolute atomic E-state index is 0.0138. The van der Waals surface area contributed by atoms with Crippen LogP contribution >= 0.6 is 11.6 Å². The number of aliphatic hydroxyl groups is 1. The molecule has 5 nitrogen and oxygen atoms in total. The summed E-state index contributed by atoms with van der Waals surface area (Å²) in [6, 6.07) is 22.6. The van der Waals surface area contributed by atoms with Crippen molar-refractivity contribution in [3.05, 3.63) is 112 Å². The molecule has 0 radical (unpaired) electrons. The van der Waals surface area contributed by atoms with Gasteiger partial charge in [0.1, 0.15) is 4.91 Å². The number of nitrogens with zero attached hydrogens (tertiary/aromatic N) is 1. The highest BCUT2D eigenvalue weighted by Crippen LogP contribution is 2.43. The van der Waals surface area contributed by atoms with Crippen LogP contribution in [-0.2, 0) is 21.2 Å². The van der Waals surface area contributed by atoms with E-state index in [2.05, 4.69) is 0 Å². The van der Waals surface area contributed by atoms with Crippen LogP contribution in [0.5, 0.6) is 0 Å². The molecule has 1 atom stereocenters. The molecule has 1 aliphatic heterocycles. The Morgan fingerprint density at radius 2 is 1.43 bits per heavy atom. The molecule has 1 amide bonds. The Morgan fingerprint density at radius 1 is 0.867 bits per heavy atom. The van der Waals surface area contributed by atoms with E-state index < -0.39 is 27.5 Å². The molecule has 3 aromatic carbocycles. The number of aliphatic hydroxyl groups excluding tert-OH is 1. The lowest BCUT2D eigenvalue weighted by atomic mass is 10.1. The number of carbonyl (C=O) groups is 1. The standard InChI is InChI=1S/C23H18ClNO4S/c24-18-13-11-17(12-14-18)20-22(30(28,29)19-9-5-2-6-10-19)21(26)23(27)25(20)15-16-7-3-1-4-8-16/h1-14,20,26H,15H2/t20-/m1/s1. The van der Waals surface area contributed by atoms with E-state index in [1.54, 1.807) is 42.5 Å². The zero-order valence-electron chi connectivity index (χ0n) is 15.8. The molecule has 0 spiro atoms. The zero-order chi connectivity index (χ0) is 21.3. The van der Waals surface area contributed by atoms with Crippen molar-refractivity contribution in [3.8, 4) is 0 Å². The number of rotatable bonds is 5. The van der Waals surface area contributed by atoms with Gasteiger partial charge >= 0.3 is 0 Å². The maximum absolute atomic E-state index is 13.4. The van der Waals surface area contributed by atoms with Crippen molar-refractivity contribution >= 4 is 27.3 Å². The molecule has 1 heterocycles. The number of sulfone groups is 1. The van der Waals surface area contributed by atoms with E-state index >= 15 is 0 Å². The first-order valence-electron chi connectivity index (χ1n) is 9.23. The third-order valence-corrected chi connectivity index (χ3v) is 7.12. The number of benzene rings is 3. The van der Waals surface area contributed by atoms with Gasteiger partial charge < -0.3 is 10.0 Å². The Labute approximate surface area is 179 Å². The van der Waals surface area contributed by atoms with Crippen LogP contribution in [0.1, 0.15) is 17.2 Å². The molecule has 0 fully saturated rings. The van der Waals surface area contributed by atoms with Crippen molar-refractivity contribution in [1.82, 2.24) is 4.90 Å². The zero-order valence-corrected chi connectivity index (χ0v) is 17.3. The summed E-state index contributed by atoms with van der Waals surface area (Å²) in [5.41, 5.74) is 1.36. The smallest absolute Gasteiger partial charge is 0.290 e. The van der Waals surface area contributed by atoms with E-state index in [1.807, 2.05) is 30.3 Å². The molecule has 0 bridgehead atoms. The van der Waals surface area contributed by atoms with E-state index in [0.29, 0.717) is 10.6 Å². The lowest BCUT2D eigenvalue weighted by molar-refractivity contribution is -0.130. The number of halogens is 1. The number of hydrogen-bond donors (Lipinski definition) is 1. The molecular weight excluding hydrogens is 422 g/mol. The largest absolute Gasteiger partial charge is 0.502 e. The number of hydrogen-bond acceptors (Lipinski definition) is 4. The monoisotopic (exact) mass is 439 g/mol. The highest BCUT2D eigenvalue weighted by molar-refractivity contribution is 7.95. The molecule has 1 N–H and O–H groups in total. The molecule has 0 aromatic heterocycles. The van der Waals surface area contributed by atoms with Crippen LogP contribution < -0.4 is 0 Å². The van der Waals surface area contributed by atoms with Crippen LogP contribution in [0, 0.1) is 0 Å². The van der Waals surface area contributed by atoms with Gasteiger partial charge in [-0.05, 0) is 35.4 Å². The van der Waals surface area contributed by atoms with Gasteiger partial charge in [0, 0.05) is 11.6 Å². The molecule has 0 saturated heterocycles. The van der Waals surface area contributed by atoms with Gasteiger partial charge in [0.2, 0.25) is 9.84 Å². The normalized spacial score (nSPS) is 16.9. The van der Waals surface area contributed by atoms with E-state index in [-0.39, 0.29) is 16.3 Å². The summed E-state index contributed by atoms with van der Waals surface area (Å²) in [4.78, 5) is 14.0. The van der Waals surface area contributed by atoms with Gasteiger partial charge in [-0.2, -0.15) is 0 Å². The van der Waals surface area contributed by atoms with Crippen LogP contribution in [-0.4, -0.2) is 24.3 Å². The van der Waals surface area contributed by atoms with Crippen molar-refractivity contribution in [1.29, 1.82) is 0 Å². The second-order valence-corrected chi connectivity index (χ2v) is 9.26. The van der Waals surface area contributed by atoms with Gasteiger partial charge in [0.05, 0.1) is 10.9 Å². The first-order chi connectivity index (χ1) is 14.4. The quantitative estimate of drug-likeness (QED) is 0.627. The van der Waals surface area contributed by atoms with Gasteiger partial charge in [0.25, 0.3) is 5.91 Å². The fraction of sp³-hybridized carbons (Fsp3) is 0.0870. The second kappa shape index (κ2) is 7.97. The Kier molecular flexibility index (Phi) is 5.37. The van der Waals surface area contributed by atoms with Gasteiger partial charge in [-0.25, -0.2) is 8.42 Å². The summed E-state index contributed by atoms with van der Waals surface area (Å²) in [7, 11) is -4.12. The average molecular weight is 440 g/mol. The average Bonchev–Trinajstić information content (AvgIpc) is 3.01. The molecular formula is C23H18ClNO4S. The van der Waals surface area contributed by atoms with Crippen LogP contribution in [0.2, 0.25) is 5.02 Å². The molecule has 0 saturated carbocycles. The maximum atomic E-state index is 13.4. The number of amides is 1. The second-order valence-electron chi connectivity index (χ2n) is 6.90. The first kappa shape index (κ1) is 20.2. The van der Waals surface area contributed by atoms with Crippen LogP contribution in [0.15, 0.2) is 100 Å². The summed E-state index contributed by atoms with van der Waals surface area (Å²) in [6.45, 7) is 0.144. The summed E-state index contributed by atoms with van der Waals surface area (Å²) in [5.74, 6) is -1.48. The summed E-state index contributed by atoms with van der Waals surface area (Å²) in [5, 5.41) is 11.2. The van der Waals surface area contributed by atoms with Gasteiger partial charge in [-0.3, -0.25) is 4.79 Å². The minimum atomic E-state index is -4.12. The summed E-state index contributed by atoms with van der Waals surface area (Å²) >= 11 is 6.00. The van der Waals surface area contributed by atoms with E-state index in [9.17, 15) is 18.3 Å². The lowest BCUT2D eigenvalue weighted by Crippen LogP contribution is -2.30. The van der Waals surface area contributed by atoms with E-state index in [0.717, 1.165) is 5.56 Å². The topological polar surface area (TPSA) is 74.7 Å². The van der Waals surface area contributed by atoms with Crippen molar-refractivity contribution < 1.29 is 18.3 Å². The Balaban J connectivity index is 1.86. The highest BCUT2D eigenvalue weighted by Gasteiger charge is 2.46. The predicted octanol–water partition coefficient (Wildman–Crippen LogP) is 4.67. The third-order valence-electron chi connectivity index (χ3n) is 4.98. The molecule has 152 valence electrons. The minimum Gasteiger partial charge on any atom is -0.502 e. The fourth-order valence-corrected chi connectivity index (χ4v) is 5.34. The SMILES string of the molecule is O=C1C(O)=C(S(=O)(=O)c2ccccc2)[C@@H](c2ccc(Cl)cc2)N1Cc1ccccc1. The van der Waals surface area contributed by atoms with Crippen LogP contribution in [0.3, 0.4) is 0 Å². The summed E-state index contributed by atoms with van der Waals surface area (Å²) in [6.07, 6.45) is 0. The Bertz CT molecular complexity index is 1210. The molecule has 0 aliphatic carbocycles.